The standard InChI is InChI=1S/C20H21NO5S.C19H20F2N2O4S.C19H18N2O4S.C19H22N2O4S.C17H17FN2O4S/c1-15(22)16-6-4-7-17(13-16)19(23)14-18-5-2-3-8-20(18)27(24,25)21-9-11-26-12-10-21;1-19(20,21)15-8-6-14(7-9-15)18(24)22-16-4-2-3-5-17(16)28(25,26)23-10-12-27-13-11-23;1-2-15-6-5-7-16(14-15)19(22)20-17-8-3-4-9-18(17)26(23,24)21-10-12-25-13-11-21;1-2-15-7-9-16(10-8-15)19(22)20-17-5-3-4-6-18(17)26(23,24)21-11-13-25-14-12-21;18-14-5-3-4-13(12-14)17(21)19-15-6-1-2-7-16(15)25(22,23)20-8-10-24-11-9-20/h2-8,13H,9-12,14H2,1H3;2-9H,10-13H2,1H3,(H,22,24);1,3-9,14H,10-13H2,(H,20,22);3-10H,2,11-14H2,1H3,(H,20,22);1-7,12H,8-11H2,(H,19,21). The van der Waals surface area contributed by atoms with Crippen molar-refractivity contribution in [2.45, 2.75) is 64.0 Å². The molecule has 5 fully saturated rings. The van der Waals surface area contributed by atoms with E-state index in [2.05, 4.69) is 27.2 Å². The maximum absolute atomic E-state index is 13.3. The number of ether oxygens (including phenoxy) is 5. The number of carbonyl (C=O) groups excluding carboxylic acids is 6. The van der Waals surface area contributed by atoms with E-state index >= 15 is 0 Å². The molecule has 0 bridgehead atoms. The van der Waals surface area contributed by atoms with Gasteiger partial charge >= 0.3 is 0 Å². The number of amides is 4. The molecule has 0 radical (unpaired) electrons. The van der Waals surface area contributed by atoms with Gasteiger partial charge < -0.3 is 45.0 Å². The monoisotopic (exact) mass is 1910 g/mol. The van der Waals surface area contributed by atoms with Crippen molar-refractivity contribution < 1.29 is 108 Å². The topological polar surface area (TPSA) is 384 Å². The third-order valence-corrected chi connectivity index (χ3v) is 30.9. The third kappa shape index (κ3) is 26.5. The molecule has 10 aromatic carbocycles. The molecule has 5 aliphatic rings. The minimum absolute atomic E-state index is 0.00153. The largest absolute Gasteiger partial charge is 0.379 e. The number of halogens is 3. The predicted octanol–water partition coefficient (Wildman–Crippen LogP) is 12.0. The third-order valence-electron chi connectivity index (χ3n) is 21.1. The number of nitrogens with zero attached hydrogens (tertiary/aromatic N) is 5. The Morgan fingerprint density at radius 1 is 0.356 bits per heavy atom. The molecule has 0 atom stereocenters. The van der Waals surface area contributed by atoms with Crippen LogP contribution in [0, 0.1) is 18.2 Å². The number of terminal acetylenes is 1. The van der Waals surface area contributed by atoms with Crippen LogP contribution in [-0.4, -0.2) is 230 Å². The smallest absolute Gasteiger partial charge is 0.270 e. The number of nitrogens with one attached hydrogen (secondary N) is 4. The number of hydrogen-bond acceptors (Lipinski definition) is 21. The van der Waals surface area contributed by atoms with Crippen LogP contribution in [0.15, 0.2) is 267 Å². The van der Waals surface area contributed by atoms with Crippen molar-refractivity contribution in [2.24, 2.45) is 0 Å². The van der Waals surface area contributed by atoms with Gasteiger partial charge in [-0.05, 0) is 146 Å². The Morgan fingerprint density at radius 2 is 0.652 bits per heavy atom. The average Bonchev–Trinajstić information content (AvgIpc) is 0.804. The summed E-state index contributed by atoms with van der Waals surface area (Å²) in [6.07, 6.45) is 6.20. The summed E-state index contributed by atoms with van der Waals surface area (Å²) >= 11 is 0. The fourth-order valence-corrected chi connectivity index (χ4v) is 21.7. The number of para-hydroxylation sites is 4. The zero-order valence-electron chi connectivity index (χ0n) is 72.2. The van der Waals surface area contributed by atoms with Gasteiger partial charge in [-0.2, -0.15) is 21.5 Å². The quantitative estimate of drug-likeness (QED) is 0.0322. The molecule has 4 amide bonds. The van der Waals surface area contributed by atoms with E-state index in [1.54, 1.807) is 140 Å². The van der Waals surface area contributed by atoms with E-state index in [1.807, 2.05) is 19.1 Å². The fourth-order valence-electron chi connectivity index (χ4n) is 13.9. The van der Waals surface area contributed by atoms with E-state index in [1.165, 1.54) is 113 Å². The van der Waals surface area contributed by atoms with Crippen molar-refractivity contribution >= 4 is 108 Å². The van der Waals surface area contributed by atoms with Crippen LogP contribution in [0.1, 0.15) is 105 Å². The lowest BCUT2D eigenvalue weighted by Gasteiger charge is -2.27. The molecule has 0 saturated carbocycles. The first-order valence-electron chi connectivity index (χ1n) is 41.7. The van der Waals surface area contributed by atoms with Crippen LogP contribution in [-0.2, 0) is 92.6 Å². The number of Topliss-reactive ketones (excluding diaryl/α,β-unsaturated/α-hetero) is 2. The highest BCUT2D eigenvalue weighted by Crippen LogP contribution is 2.33. The van der Waals surface area contributed by atoms with Crippen LogP contribution in [0.3, 0.4) is 0 Å². The summed E-state index contributed by atoms with van der Waals surface area (Å²) < 4.78 is 202. The molecule has 4 N–H and O–H groups in total. The molecule has 15 rings (SSSR count). The number of morpholine rings is 5. The van der Waals surface area contributed by atoms with Gasteiger partial charge in [0.1, 0.15) is 25.4 Å². The fraction of sp³-hybridized carbons (Fsp3) is 0.277. The van der Waals surface area contributed by atoms with Crippen LogP contribution < -0.4 is 21.3 Å². The lowest BCUT2D eigenvalue weighted by Crippen LogP contribution is -2.41. The van der Waals surface area contributed by atoms with E-state index in [0.29, 0.717) is 126 Å². The predicted molar refractivity (Wildman–Crippen MR) is 489 cm³/mol. The SMILES string of the molecule is C#Cc1cccc(C(=O)Nc2ccccc2S(=O)(=O)N2CCOCC2)c1.CC(=O)c1cccc(C(=O)Cc2ccccc2S(=O)(=O)N2CCOCC2)c1.CC(F)(F)c1ccc(C(=O)Nc2ccccc2S(=O)(=O)N2CCOCC2)cc1.CCc1ccc(C(=O)Nc2ccccc2S(=O)(=O)N2CCOCC2)cc1.O=C(Nc1ccccc1S(=O)(=O)N1CCOCC1)c1cccc(F)c1. The van der Waals surface area contributed by atoms with Crippen LogP contribution in [0.5, 0.6) is 0 Å². The lowest BCUT2D eigenvalue weighted by molar-refractivity contribution is 0.0174. The molecule has 38 heteroatoms. The van der Waals surface area contributed by atoms with E-state index in [9.17, 15) is 84.0 Å². The molecule has 30 nitrogen and oxygen atoms in total. The molecule has 10 aromatic rings. The minimum Gasteiger partial charge on any atom is -0.379 e. The second-order valence-electron chi connectivity index (χ2n) is 30.0. The number of ketones is 2. The summed E-state index contributed by atoms with van der Waals surface area (Å²) in [4.78, 5) is 74.4. The summed E-state index contributed by atoms with van der Waals surface area (Å²) in [5, 5.41) is 10.5. The highest BCUT2D eigenvalue weighted by Gasteiger charge is 2.36. The zero-order chi connectivity index (χ0) is 94.8. The number of carbonyl (C=O) groups is 6. The van der Waals surface area contributed by atoms with Crippen molar-refractivity contribution in [1.29, 1.82) is 0 Å². The summed E-state index contributed by atoms with van der Waals surface area (Å²) in [6, 6.07) is 62.0. The summed E-state index contributed by atoms with van der Waals surface area (Å²) in [7, 11) is -18.7. The summed E-state index contributed by atoms with van der Waals surface area (Å²) in [6.45, 7) is 10.5. The second kappa shape index (κ2) is 46.5. The Bertz CT molecular complexity index is 6420. The highest BCUT2D eigenvalue weighted by atomic mass is 32.2. The first-order chi connectivity index (χ1) is 63.1. The van der Waals surface area contributed by atoms with Crippen molar-refractivity contribution in [2.75, 3.05) is 153 Å². The van der Waals surface area contributed by atoms with Crippen molar-refractivity contribution in [1.82, 2.24) is 21.5 Å². The van der Waals surface area contributed by atoms with Crippen molar-refractivity contribution in [3.8, 4) is 12.3 Å². The first kappa shape index (κ1) is 101. The van der Waals surface area contributed by atoms with E-state index < -0.39 is 79.6 Å². The van der Waals surface area contributed by atoms with Gasteiger partial charge in [0.05, 0.1) is 93.7 Å². The Morgan fingerprint density at radius 3 is 0.992 bits per heavy atom. The molecular weight excluding hydrogens is 1810 g/mol. The molecule has 5 saturated heterocycles. The maximum atomic E-state index is 13.3. The summed E-state index contributed by atoms with van der Waals surface area (Å²) in [5.74, 6) is -3.36. The van der Waals surface area contributed by atoms with Gasteiger partial charge in [0.15, 0.2) is 11.6 Å². The summed E-state index contributed by atoms with van der Waals surface area (Å²) in [5.41, 5.74) is 4.69. The zero-order valence-corrected chi connectivity index (χ0v) is 76.3. The maximum Gasteiger partial charge on any atom is 0.270 e. The molecule has 0 unspecified atom stereocenters. The van der Waals surface area contributed by atoms with Crippen LogP contribution in [0.2, 0.25) is 0 Å². The van der Waals surface area contributed by atoms with Crippen LogP contribution in [0.25, 0.3) is 0 Å². The molecule has 696 valence electrons. The molecule has 5 heterocycles. The van der Waals surface area contributed by atoms with Crippen LogP contribution in [0.4, 0.5) is 35.9 Å². The first-order valence-corrected chi connectivity index (χ1v) is 48.9. The highest BCUT2D eigenvalue weighted by molar-refractivity contribution is 7.90. The number of hydrogen-bond donors (Lipinski definition) is 4. The van der Waals surface area contributed by atoms with E-state index in [4.69, 9.17) is 30.1 Å². The number of benzene rings is 10. The van der Waals surface area contributed by atoms with Gasteiger partial charge in [-0.1, -0.05) is 134 Å². The van der Waals surface area contributed by atoms with E-state index in [-0.39, 0.29) is 127 Å². The van der Waals surface area contributed by atoms with Gasteiger partial charge in [-0.15, -0.1) is 6.42 Å². The Hall–Kier alpha value is -11.9. The minimum atomic E-state index is -3.81. The number of sulfonamides is 5. The Balaban J connectivity index is 0.000000159. The normalized spacial score (nSPS) is 15.6. The lowest BCUT2D eigenvalue weighted by atomic mass is 10.0. The number of anilines is 4. The molecule has 5 aliphatic heterocycles. The molecule has 0 spiro atoms. The van der Waals surface area contributed by atoms with Gasteiger partial charge in [0.25, 0.3) is 29.6 Å². The second-order valence-corrected chi connectivity index (χ2v) is 39.5. The van der Waals surface area contributed by atoms with Crippen LogP contribution >= 0.6 is 0 Å². The van der Waals surface area contributed by atoms with Crippen molar-refractivity contribution in [3.05, 3.63) is 304 Å². The van der Waals surface area contributed by atoms with Gasteiger partial charge in [0.2, 0.25) is 50.1 Å². The Kier molecular flexibility index (Phi) is 35.4. The number of alkyl halides is 2. The number of rotatable bonds is 24. The molecule has 132 heavy (non-hydrogen) atoms. The average molecular weight is 1910 g/mol. The van der Waals surface area contributed by atoms with E-state index in [0.717, 1.165) is 25.0 Å². The molecular formula is C94H98F3N9O21S5. The van der Waals surface area contributed by atoms with Crippen molar-refractivity contribution in [3.63, 3.8) is 0 Å². The molecule has 0 aliphatic carbocycles. The van der Waals surface area contributed by atoms with Gasteiger partial charge in [-0.3, -0.25) is 28.8 Å². The molecule has 0 aromatic heterocycles. The Labute approximate surface area is 765 Å². The van der Waals surface area contributed by atoms with Gasteiger partial charge in [-0.25, -0.2) is 55.3 Å². The van der Waals surface area contributed by atoms with Gasteiger partial charge in [0, 0.05) is 123 Å². The number of aryl methyl sites for hydroxylation is 1.